The smallest absolute Gasteiger partial charge is 0.316 e. The molecule has 1 aromatic heterocycles. The monoisotopic (exact) mass is 440 g/mol. The summed E-state index contributed by atoms with van der Waals surface area (Å²) in [4.78, 5) is 16.8. The van der Waals surface area contributed by atoms with Crippen molar-refractivity contribution >= 4 is 41.3 Å². The predicted molar refractivity (Wildman–Crippen MR) is 123 cm³/mol. The Hall–Kier alpha value is -0.840. The fourth-order valence-electron chi connectivity index (χ4n) is 2.43. The van der Waals surface area contributed by atoms with Crippen LogP contribution < -0.4 is 0 Å². The lowest BCUT2D eigenvalue weighted by Crippen LogP contribution is -2.25. The van der Waals surface area contributed by atoms with E-state index in [1.807, 2.05) is 43.4 Å². The Morgan fingerprint density at radius 1 is 1.18 bits per heavy atom. The minimum absolute atomic E-state index is 0.0561. The van der Waals surface area contributed by atoms with Gasteiger partial charge in [0.1, 0.15) is 17.2 Å². The number of aromatic nitrogens is 1. The number of aryl methyl sites for hydroxylation is 2. The van der Waals surface area contributed by atoms with Gasteiger partial charge in [0.05, 0.1) is 11.3 Å². The first-order valence-corrected chi connectivity index (χ1v) is 13.2. The van der Waals surface area contributed by atoms with Crippen molar-refractivity contribution in [1.29, 1.82) is 5.26 Å². The van der Waals surface area contributed by atoms with Gasteiger partial charge in [-0.2, -0.15) is 28.8 Å². The molecule has 0 fully saturated rings. The summed E-state index contributed by atoms with van der Waals surface area (Å²) in [7, 11) is 0. The Kier molecular flexibility index (Phi) is 13.6. The Morgan fingerprint density at radius 2 is 1.79 bits per heavy atom. The van der Waals surface area contributed by atoms with Crippen LogP contribution in [0.3, 0.4) is 0 Å². The van der Waals surface area contributed by atoms with Crippen LogP contribution in [0.25, 0.3) is 0 Å². The summed E-state index contributed by atoms with van der Waals surface area (Å²) < 4.78 is 5.75. The SMILES string of the molecule is CCCCSCC(CSCCCC)OC(=O)CSc1nc(C)cc(C)c1C#N. The van der Waals surface area contributed by atoms with E-state index < -0.39 is 0 Å². The molecule has 1 rings (SSSR count). The number of nitriles is 1. The summed E-state index contributed by atoms with van der Waals surface area (Å²) in [6, 6.07) is 4.08. The van der Waals surface area contributed by atoms with Crippen LogP contribution in [-0.4, -0.2) is 45.8 Å². The van der Waals surface area contributed by atoms with E-state index in [1.165, 1.54) is 37.4 Å². The van der Waals surface area contributed by atoms with Crippen LogP contribution in [-0.2, 0) is 9.53 Å². The van der Waals surface area contributed by atoms with Crippen molar-refractivity contribution < 1.29 is 9.53 Å². The number of ether oxygens (including phenoxy) is 1. The maximum Gasteiger partial charge on any atom is 0.316 e. The number of carbonyl (C=O) groups is 1. The van der Waals surface area contributed by atoms with E-state index in [0.29, 0.717) is 10.6 Å². The second kappa shape index (κ2) is 15.1. The van der Waals surface area contributed by atoms with Gasteiger partial charge in [0.15, 0.2) is 0 Å². The normalized spacial score (nSPS) is 10.9. The number of rotatable bonds is 14. The summed E-state index contributed by atoms with van der Waals surface area (Å²) in [5.74, 6) is 3.86. The van der Waals surface area contributed by atoms with Gasteiger partial charge in [-0.15, -0.1) is 0 Å². The molecule has 4 nitrogen and oxygen atoms in total. The fraction of sp³-hybridized carbons (Fsp3) is 0.667. The molecule has 0 N–H and O–H groups in total. The molecule has 156 valence electrons. The van der Waals surface area contributed by atoms with Gasteiger partial charge in [-0.3, -0.25) is 4.79 Å². The highest BCUT2D eigenvalue weighted by atomic mass is 32.2. The molecule has 0 unspecified atom stereocenters. The van der Waals surface area contributed by atoms with E-state index in [-0.39, 0.29) is 17.8 Å². The molecular formula is C21H32N2O2S3. The van der Waals surface area contributed by atoms with Crippen molar-refractivity contribution in [2.45, 2.75) is 64.5 Å². The second-order valence-electron chi connectivity index (χ2n) is 6.63. The van der Waals surface area contributed by atoms with Crippen molar-refractivity contribution in [1.82, 2.24) is 4.98 Å². The van der Waals surface area contributed by atoms with Crippen molar-refractivity contribution in [3.63, 3.8) is 0 Å². The van der Waals surface area contributed by atoms with Gasteiger partial charge in [0.25, 0.3) is 0 Å². The number of esters is 1. The van der Waals surface area contributed by atoms with Gasteiger partial charge < -0.3 is 4.74 Å². The Labute approximate surface area is 183 Å². The van der Waals surface area contributed by atoms with Crippen LogP contribution in [0.4, 0.5) is 0 Å². The van der Waals surface area contributed by atoms with Gasteiger partial charge in [-0.25, -0.2) is 4.98 Å². The maximum atomic E-state index is 12.4. The van der Waals surface area contributed by atoms with Gasteiger partial charge in [-0.05, 0) is 49.8 Å². The first-order chi connectivity index (χ1) is 13.5. The lowest BCUT2D eigenvalue weighted by molar-refractivity contribution is -0.143. The second-order valence-corrected chi connectivity index (χ2v) is 9.89. The fourth-order valence-corrected chi connectivity index (χ4v) is 5.68. The zero-order valence-electron chi connectivity index (χ0n) is 17.5. The van der Waals surface area contributed by atoms with E-state index in [4.69, 9.17) is 4.74 Å². The third kappa shape index (κ3) is 10.1. The molecule has 28 heavy (non-hydrogen) atoms. The van der Waals surface area contributed by atoms with Crippen LogP contribution in [0.15, 0.2) is 11.1 Å². The minimum Gasteiger partial charge on any atom is -0.460 e. The molecule has 0 aliphatic rings. The van der Waals surface area contributed by atoms with E-state index >= 15 is 0 Å². The molecule has 0 aromatic carbocycles. The highest BCUT2D eigenvalue weighted by Gasteiger charge is 2.17. The maximum absolute atomic E-state index is 12.4. The quantitative estimate of drug-likeness (QED) is 0.211. The van der Waals surface area contributed by atoms with E-state index in [2.05, 4.69) is 24.9 Å². The summed E-state index contributed by atoms with van der Waals surface area (Å²) in [6.45, 7) is 8.17. The Balaban J connectivity index is 2.57. The molecule has 7 heteroatoms. The first kappa shape index (κ1) is 25.2. The summed E-state index contributed by atoms with van der Waals surface area (Å²) in [6.07, 6.45) is 4.70. The van der Waals surface area contributed by atoms with Crippen LogP contribution >= 0.6 is 35.3 Å². The number of nitrogens with zero attached hydrogens (tertiary/aromatic N) is 2. The van der Waals surface area contributed by atoms with Crippen LogP contribution in [0.1, 0.15) is 56.4 Å². The van der Waals surface area contributed by atoms with Crippen LogP contribution in [0.2, 0.25) is 0 Å². The molecule has 0 atom stereocenters. The van der Waals surface area contributed by atoms with Crippen molar-refractivity contribution in [2.75, 3.05) is 28.8 Å². The van der Waals surface area contributed by atoms with Crippen molar-refractivity contribution in [2.24, 2.45) is 0 Å². The molecule has 0 amide bonds. The molecule has 0 aliphatic carbocycles. The zero-order valence-corrected chi connectivity index (χ0v) is 19.9. The minimum atomic E-state index is -0.230. The van der Waals surface area contributed by atoms with Gasteiger partial charge >= 0.3 is 5.97 Å². The number of hydrogen-bond acceptors (Lipinski definition) is 7. The molecule has 1 aromatic rings. The molecule has 0 spiro atoms. The van der Waals surface area contributed by atoms with E-state index in [9.17, 15) is 10.1 Å². The van der Waals surface area contributed by atoms with Crippen LogP contribution in [0, 0.1) is 25.2 Å². The predicted octanol–water partition coefficient (Wildman–Crippen LogP) is 5.64. The highest BCUT2D eigenvalue weighted by Crippen LogP contribution is 2.24. The molecule has 0 bridgehead atoms. The molecular weight excluding hydrogens is 408 g/mol. The number of thioether (sulfide) groups is 3. The van der Waals surface area contributed by atoms with E-state index in [1.54, 1.807) is 0 Å². The molecule has 0 aliphatic heterocycles. The van der Waals surface area contributed by atoms with Crippen LogP contribution in [0.5, 0.6) is 0 Å². The lowest BCUT2D eigenvalue weighted by Gasteiger charge is -2.17. The summed E-state index contributed by atoms with van der Waals surface area (Å²) in [5, 5.41) is 9.97. The highest BCUT2D eigenvalue weighted by molar-refractivity contribution is 8.00. The van der Waals surface area contributed by atoms with Gasteiger partial charge in [0, 0.05) is 17.2 Å². The third-order valence-electron chi connectivity index (χ3n) is 3.94. The van der Waals surface area contributed by atoms with Gasteiger partial charge in [0.2, 0.25) is 0 Å². The zero-order chi connectivity index (χ0) is 20.8. The number of carbonyl (C=O) groups excluding carboxylic acids is 1. The molecule has 0 saturated carbocycles. The molecule has 1 heterocycles. The largest absolute Gasteiger partial charge is 0.460 e. The standard InChI is InChI=1S/C21H32N2O2S3/c1-5-7-9-26-13-18(14-27-10-8-6-2)25-20(24)15-28-21-19(12-22)16(3)11-17(4)23-21/h11,18H,5-10,13-15H2,1-4H3. The third-order valence-corrected chi connectivity index (χ3v) is 7.26. The molecule has 0 saturated heterocycles. The average Bonchev–Trinajstić information content (AvgIpc) is 2.66. The Bertz CT molecular complexity index is 635. The van der Waals surface area contributed by atoms with E-state index in [0.717, 1.165) is 34.3 Å². The topological polar surface area (TPSA) is 63.0 Å². The molecule has 0 radical (unpaired) electrons. The average molecular weight is 441 g/mol. The first-order valence-electron chi connectivity index (χ1n) is 9.87. The number of hydrogen-bond donors (Lipinski definition) is 0. The number of unbranched alkanes of at least 4 members (excludes halogenated alkanes) is 2. The number of pyridine rings is 1. The van der Waals surface area contributed by atoms with Crippen molar-refractivity contribution in [3.8, 4) is 6.07 Å². The van der Waals surface area contributed by atoms with Gasteiger partial charge in [-0.1, -0.05) is 38.5 Å². The Morgan fingerprint density at radius 3 is 2.32 bits per heavy atom. The summed E-state index contributed by atoms with van der Waals surface area (Å²) in [5.41, 5.74) is 2.29. The van der Waals surface area contributed by atoms with Crippen molar-refractivity contribution in [3.05, 3.63) is 22.9 Å². The summed E-state index contributed by atoms with van der Waals surface area (Å²) >= 11 is 5.02. The lowest BCUT2D eigenvalue weighted by atomic mass is 10.1.